The first-order chi connectivity index (χ1) is 9.63. The SMILES string of the molecule is CCCNC(=O)c1cn2c3c(cccc3c1=O)C[C@@H]2C. The lowest BCUT2D eigenvalue weighted by atomic mass is 10.1. The molecule has 0 bridgehead atoms. The number of nitrogens with zero attached hydrogens (tertiary/aromatic N) is 1. The van der Waals surface area contributed by atoms with E-state index in [9.17, 15) is 9.59 Å². The monoisotopic (exact) mass is 270 g/mol. The quantitative estimate of drug-likeness (QED) is 0.930. The van der Waals surface area contributed by atoms with E-state index in [2.05, 4.69) is 22.9 Å². The third-order valence-electron chi connectivity index (χ3n) is 3.91. The van der Waals surface area contributed by atoms with Gasteiger partial charge < -0.3 is 9.88 Å². The van der Waals surface area contributed by atoms with Crippen molar-refractivity contribution < 1.29 is 4.79 Å². The minimum Gasteiger partial charge on any atom is -0.352 e. The van der Waals surface area contributed by atoms with Gasteiger partial charge in [0.1, 0.15) is 5.56 Å². The molecule has 0 radical (unpaired) electrons. The van der Waals surface area contributed by atoms with Gasteiger partial charge in [0.05, 0.1) is 5.52 Å². The molecule has 1 aliphatic heterocycles. The molecule has 2 heterocycles. The Bertz CT molecular complexity index is 746. The van der Waals surface area contributed by atoms with Crippen molar-refractivity contribution in [1.29, 1.82) is 0 Å². The maximum Gasteiger partial charge on any atom is 0.256 e. The fourth-order valence-corrected chi connectivity index (χ4v) is 2.91. The summed E-state index contributed by atoms with van der Waals surface area (Å²) in [6, 6.07) is 6.05. The smallest absolute Gasteiger partial charge is 0.256 e. The van der Waals surface area contributed by atoms with E-state index in [1.807, 2.05) is 19.1 Å². The molecule has 0 spiro atoms. The van der Waals surface area contributed by atoms with Gasteiger partial charge in [-0.1, -0.05) is 19.1 Å². The van der Waals surface area contributed by atoms with Crippen LogP contribution in [0.3, 0.4) is 0 Å². The van der Waals surface area contributed by atoms with Gasteiger partial charge in [0.25, 0.3) is 5.91 Å². The standard InChI is InChI=1S/C16H18N2O2/c1-3-7-17-16(20)13-9-18-10(2)8-11-5-4-6-12(14(11)18)15(13)19/h4-6,9-10H,3,7-8H2,1-2H3,(H,17,20)/t10-/m0/s1. The number of para-hydroxylation sites is 1. The largest absolute Gasteiger partial charge is 0.352 e. The zero-order valence-corrected chi connectivity index (χ0v) is 11.8. The molecule has 2 aromatic rings. The number of hydrogen-bond acceptors (Lipinski definition) is 2. The fourth-order valence-electron chi connectivity index (χ4n) is 2.91. The number of carbonyl (C=O) groups is 1. The molecule has 0 fully saturated rings. The minimum absolute atomic E-state index is 0.166. The van der Waals surface area contributed by atoms with E-state index in [0.717, 1.165) is 18.4 Å². The lowest BCUT2D eigenvalue weighted by molar-refractivity contribution is 0.0952. The van der Waals surface area contributed by atoms with Crippen molar-refractivity contribution in [3.63, 3.8) is 0 Å². The fraction of sp³-hybridized carbons (Fsp3) is 0.375. The molecule has 4 heteroatoms. The molecule has 1 aromatic heterocycles. The van der Waals surface area contributed by atoms with Gasteiger partial charge in [-0.05, 0) is 31.4 Å². The summed E-state index contributed by atoms with van der Waals surface area (Å²) in [6.45, 7) is 4.69. The first-order valence-electron chi connectivity index (χ1n) is 7.08. The van der Waals surface area contributed by atoms with Crippen LogP contribution in [0.5, 0.6) is 0 Å². The van der Waals surface area contributed by atoms with Gasteiger partial charge in [-0.2, -0.15) is 0 Å². The van der Waals surface area contributed by atoms with Crippen LogP contribution in [0.4, 0.5) is 0 Å². The van der Waals surface area contributed by atoms with Crippen molar-refractivity contribution >= 4 is 16.8 Å². The summed E-state index contributed by atoms with van der Waals surface area (Å²) in [5, 5.41) is 3.43. The van der Waals surface area contributed by atoms with Gasteiger partial charge in [-0.3, -0.25) is 9.59 Å². The highest BCUT2D eigenvalue weighted by Gasteiger charge is 2.23. The maximum atomic E-state index is 12.5. The molecule has 0 saturated carbocycles. The molecule has 0 saturated heterocycles. The molecule has 0 aliphatic carbocycles. The van der Waals surface area contributed by atoms with E-state index in [4.69, 9.17) is 0 Å². The van der Waals surface area contributed by atoms with Crippen LogP contribution in [0.15, 0.2) is 29.2 Å². The van der Waals surface area contributed by atoms with Crippen molar-refractivity contribution in [2.24, 2.45) is 0 Å². The number of hydrogen-bond donors (Lipinski definition) is 1. The molecular formula is C16H18N2O2. The van der Waals surface area contributed by atoms with E-state index < -0.39 is 0 Å². The highest BCUT2D eigenvalue weighted by molar-refractivity contribution is 5.98. The van der Waals surface area contributed by atoms with E-state index in [1.54, 1.807) is 6.20 Å². The highest BCUT2D eigenvalue weighted by atomic mass is 16.2. The van der Waals surface area contributed by atoms with E-state index in [1.165, 1.54) is 5.56 Å². The third kappa shape index (κ3) is 1.83. The number of benzene rings is 1. The van der Waals surface area contributed by atoms with Crippen molar-refractivity contribution in [1.82, 2.24) is 9.88 Å². The normalized spacial score (nSPS) is 16.6. The number of rotatable bonds is 3. The molecule has 4 nitrogen and oxygen atoms in total. The molecule has 1 amide bonds. The Kier molecular flexibility index (Phi) is 3.08. The summed E-state index contributed by atoms with van der Waals surface area (Å²) in [6.07, 6.45) is 3.49. The van der Waals surface area contributed by atoms with E-state index in [0.29, 0.717) is 11.9 Å². The van der Waals surface area contributed by atoms with Gasteiger partial charge in [-0.25, -0.2) is 0 Å². The Morgan fingerprint density at radius 2 is 2.25 bits per heavy atom. The Morgan fingerprint density at radius 3 is 3.00 bits per heavy atom. The van der Waals surface area contributed by atoms with Crippen LogP contribution < -0.4 is 10.7 Å². The average Bonchev–Trinajstić information content (AvgIpc) is 2.77. The van der Waals surface area contributed by atoms with Gasteiger partial charge >= 0.3 is 0 Å². The van der Waals surface area contributed by atoms with Gasteiger partial charge in [0.15, 0.2) is 0 Å². The van der Waals surface area contributed by atoms with Crippen LogP contribution in [-0.4, -0.2) is 17.0 Å². The Labute approximate surface area is 117 Å². The predicted molar refractivity (Wildman–Crippen MR) is 79.2 cm³/mol. The summed E-state index contributed by atoms with van der Waals surface area (Å²) >= 11 is 0. The van der Waals surface area contributed by atoms with Gasteiger partial charge in [-0.15, -0.1) is 0 Å². The van der Waals surface area contributed by atoms with E-state index in [-0.39, 0.29) is 22.9 Å². The first kappa shape index (κ1) is 12.9. The highest BCUT2D eigenvalue weighted by Crippen LogP contribution is 2.30. The second-order valence-corrected chi connectivity index (χ2v) is 5.40. The topological polar surface area (TPSA) is 51.1 Å². The molecule has 20 heavy (non-hydrogen) atoms. The number of carbonyl (C=O) groups excluding carboxylic acids is 1. The summed E-state index contributed by atoms with van der Waals surface area (Å²) in [7, 11) is 0. The zero-order chi connectivity index (χ0) is 14.3. The van der Waals surface area contributed by atoms with Crippen LogP contribution in [-0.2, 0) is 6.42 Å². The molecule has 1 N–H and O–H groups in total. The summed E-state index contributed by atoms with van der Waals surface area (Å²) in [5.74, 6) is -0.271. The molecule has 1 aliphatic rings. The Hall–Kier alpha value is -2.10. The van der Waals surface area contributed by atoms with Crippen molar-refractivity contribution in [3.8, 4) is 0 Å². The Balaban J connectivity index is 2.21. The summed E-state index contributed by atoms with van der Waals surface area (Å²) < 4.78 is 2.06. The lowest BCUT2D eigenvalue weighted by Crippen LogP contribution is -2.30. The van der Waals surface area contributed by atoms with Crippen molar-refractivity contribution in [2.75, 3.05) is 6.54 Å². The first-order valence-corrected chi connectivity index (χ1v) is 7.08. The van der Waals surface area contributed by atoms with Gasteiger partial charge in [0.2, 0.25) is 5.43 Å². The van der Waals surface area contributed by atoms with Crippen LogP contribution in [0.1, 0.15) is 42.2 Å². The second-order valence-electron chi connectivity index (χ2n) is 5.40. The number of aromatic nitrogens is 1. The molecule has 0 unspecified atom stereocenters. The van der Waals surface area contributed by atoms with E-state index >= 15 is 0 Å². The summed E-state index contributed by atoms with van der Waals surface area (Å²) in [4.78, 5) is 24.6. The Morgan fingerprint density at radius 1 is 1.45 bits per heavy atom. The summed E-state index contributed by atoms with van der Waals surface area (Å²) in [5.41, 5.74) is 2.25. The molecule has 3 rings (SSSR count). The zero-order valence-electron chi connectivity index (χ0n) is 11.8. The number of amides is 1. The molecule has 1 atom stereocenters. The molecule has 1 aromatic carbocycles. The molecule has 104 valence electrons. The molecular weight excluding hydrogens is 252 g/mol. The lowest BCUT2D eigenvalue weighted by Gasteiger charge is -2.12. The maximum absolute atomic E-state index is 12.5. The predicted octanol–water partition coefficient (Wildman–Crippen LogP) is 2.26. The third-order valence-corrected chi connectivity index (χ3v) is 3.91. The van der Waals surface area contributed by atoms with Crippen LogP contribution >= 0.6 is 0 Å². The van der Waals surface area contributed by atoms with Crippen LogP contribution in [0, 0.1) is 0 Å². The van der Waals surface area contributed by atoms with Crippen molar-refractivity contribution in [3.05, 3.63) is 45.7 Å². The number of pyridine rings is 1. The average molecular weight is 270 g/mol. The second kappa shape index (κ2) is 4.78. The van der Waals surface area contributed by atoms with Crippen LogP contribution in [0.25, 0.3) is 10.9 Å². The number of nitrogens with one attached hydrogen (secondary N) is 1. The van der Waals surface area contributed by atoms with Crippen LogP contribution in [0.2, 0.25) is 0 Å². The van der Waals surface area contributed by atoms with Gasteiger partial charge in [0, 0.05) is 24.2 Å². The minimum atomic E-state index is -0.271. The van der Waals surface area contributed by atoms with Crippen molar-refractivity contribution in [2.45, 2.75) is 32.7 Å².